The molecule has 25 heteroatoms. The van der Waals surface area contributed by atoms with E-state index in [0.29, 0.717) is 74.2 Å². The molecule has 0 aliphatic carbocycles. The lowest BCUT2D eigenvalue weighted by atomic mass is 9.97. The monoisotopic (exact) mass is 1870 g/mol. The van der Waals surface area contributed by atoms with Crippen LogP contribution in [0.2, 0.25) is 0 Å². The van der Waals surface area contributed by atoms with Crippen molar-refractivity contribution in [2.45, 2.75) is 68.1 Å². The van der Waals surface area contributed by atoms with Crippen LogP contribution in [0.5, 0.6) is 86.2 Å². The van der Waals surface area contributed by atoms with Gasteiger partial charge in [-0.3, -0.25) is 5.10 Å². The number of aromatic amines is 1. The normalized spacial score (nSPS) is 14.5. The summed E-state index contributed by atoms with van der Waals surface area (Å²) in [6.45, 7) is 5.14. The molecule has 16 aromatic carbocycles. The highest BCUT2D eigenvalue weighted by molar-refractivity contribution is 6.00. The van der Waals surface area contributed by atoms with E-state index >= 15 is 19.2 Å². The Morgan fingerprint density at radius 1 is 0.262 bits per heavy atom. The molecule has 0 radical (unpaired) electrons. The molecule has 0 bridgehead atoms. The van der Waals surface area contributed by atoms with Gasteiger partial charge in [0.25, 0.3) is 0 Å². The van der Waals surface area contributed by atoms with Gasteiger partial charge in [0.05, 0.1) is 33.5 Å². The number of hydrogen-bond donors (Lipinski definition) is 1. The lowest BCUT2D eigenvalue weighted by Crippen LogP contribution is -2.36. The Labute approximate surface area is 805 Å². The number of rotatable bonds is 24. The summed E-state index contributed by atoms with van der Waals surface area (Å²) < 4.78 is 123. The van der Waals surface area contributed by atoms with Crippen molar-refractivity contribution in [3.63, 3.8) is 0 Å². The number of carbonyl (C=O) groups is 6. The molecule has 0 fully saturated rings. The fraction of sp³-hybridized carbons (Fsp3) is 0.0948. The Kier molecular flexibility index (Phi) is 22.2. The minimum atomic E-state index is -1.87. The average molecular weight is 1870 g/mol. The third kappa shape index (κ3) is 16.5. The van der Waals surface area contributed by atoms with Gasteiger partial charge in [-0.05, 0) is 118 Å². The molecule has 0 atom stereocenters. The second-order valence-electron chi connectivity index (χ2n) is 34.6. The van der Waals surface area contributed by atoms with Gasteiger partial charge in [-0.1, -0.05) is 315 Å². The Hall–Kier alpha value is -18.5. The van der Waals surface area contributed by atoms with Crippen LogP contribution in [0.1, 0.15) is 150 Å². The minimum Gasteiger partial charge on any atom is -0.456 e. The van der Waals surface area contributed by atoms with Crippen molar-refractivity contribution in [1.29, 1.82) is 0 Å². The SMILES string of the molecule is CC(C)(C)OC(=O)c1cc(OC(=O)c2cc(OC(=O)c3cc(OC(=O)c4cc(OC(=O)c5cc(OC(=O)c6cc(CCc7ccc(F)cc7)n[nH]6)c6c(c5)OC(c5ccccc5)(c5ccccc5)O6)c5c(c4)OC(c4ccccc4)(c4ccccc4)O5)c4c(c3)OC(c3ccccc3)(c3ccccc3)O4)c3c(c2)OC(c2ccccc2)(c2ccccc2)O3)c2c(c1)OC(c1ccccc1)(c1ccccc1)O2. The van der Waals surface area contributed by atoms with Crippen LogP contribution in [-0.2, 0) is 46.5 Å². The molecule has 0 spiro atoms. The number of ether oxygens (including phenoxy) is 16. The minimum absolute atomic E-state index is 0.0197. The Morgan fingerprint density at radius 3 is 0.695 bits per heavy atom. The molecule has 17 aromatic rings. The number of carbonyl (C=O) groups excluding carboxylic acids is 6. The van der Waals surface area contributed by atoms with E-state index in [9.17, 15) is 14.0 Å². The molecule has 0 saturated heterocycles. The fourth-order valence-electron chi connectivity index (χ4n) is 17.6. The molecule has 0 unspecified atom stereocenters. The second-order valence-corrected chi connectivity index (χ2v) is 34.6. The van der Waals surface area contributed by atoms with Crippen LogP contribution in [0.25, 0.3) is 0 Å². The maximum Gasteiger partial charge on any atom is 0.361 e. The molecule has 24 nitrogen and oxygen atoms in total. The molecular formula is C116H79FN2O22. The van der Waals surface area contributed by atoms with Crippen molar-refractivity contribution in [3.05, 3.63) is 501 Å². The number of aryl methyl sites for hydroxylation is 2. The zero-order valence-electron chi connectivity index (χ0n) is 75.2. The van der Waals surface area contributed by atoms with Gasteiger partial charge in [-0.15, -0.1) is 0 Å². The summed E-state index contributed by atoms with van der Waals surface area (Å²) in [5.74, 6) is -18.5. The number of benzene rings is 16. The summed E-state index contributed by atoms with van der Waals surface area (Å²) in [7, 11) is 0. The Balaban J connectivity index is 0.654. The Bertz CT molecular complexity index is 7520. The number of aromatic nitrogens is 2. The van der Waals surface area contributed by atoms with Gasteiger partial charge in [0.15, 0.2) is 57.5 Å². The van der Waals surface area contributed by atoms with Crippen LogP contribution in [0, 0.1) is 5.82 Å². The van der Waals surface area contributed by atoms with E-state index in [4.69, 9.17) is 75.8 Å². The lowest BCUT2D eigenvalue weighted by molar-refractivity contribution is -0.0470. The molecule has 6 heterocycles. The van der Waals surface area contributed by atoms with Crippen molar-refractivity contribution in [3.8, 4) is 86.2 Å². The van der Waals surface area contributed by atoms with E-state index in [1.165, 1.54) is 78.9 Å². The molecule has 0 saturated carbocycles. The van der Waals surface area contributed by atoms with Crippen molar-refractivity contribution in [2.24, 2.45) is 0 Å². The molecule has 1 aromatic heterocycles. The molecule has 692 valence electrons. The molecule has 5 aliphatic rings. The summed E-state index contributed by atoms with van der Waals surface area (Å²) >= 11 is 0. The van der Waals surface area contributed by atoms with Gasteiger partial charge < -0.3 is 75.8 Å². The Morgan fingerprint density at radius 2 is 0.475 bits per heavy atom. The smallest absolute Gasteiger partial charge is 0.361 e. The summed E-state index contributed by atoms with van der Waals surface area (Å²) in [6, 6.07) is 111. The van der Waals surface area contributed by atoms with Crippen molar-refractivity contribution >= 4 is 35.8 Å². The second kappa shape index (κ2) is 35.6. The number of nitrogens with one attached hydrogen (secondary N) is 1. The van der Waals surface area contributed by atoms with E-state index in [2.05, 4.69) is 10.2 Å². The van der Waals surface area contributed by atoms with Gasteiger partial charge in [0.1, 0.15) is 17.1 Å². The number of halogens is 1. The quantitative estimate of drug-likeness (QED) is 0.0434. The van der Waals surface area contributed by atoms with Crippen LogP contribution < -0.4 is 71.1 Å². The number of nitrogens with zero attached hydrogens (tertiary/aromatic N) is 1. The highest BCUT2D eigenvalue weighted by Crippen LogP contribution is 2.60. The number of hydrogen-bond acceptors (Lipinski definition) is 23. The summed E-state index contributed by atoms with van der Waals surface area (Å²) in [5, 5.41) is 7.17. The van der Waals surface area contributed by atoms with E-state index in [0.717, 1.165) is 5.56 Å². The predicted molar refractivity (Wildman–Crippen MR) is 509 cm³/mol. The van der Waals surface area contributed by atoms with Crippen LogP contribution >= 0.6 is 0 Å². The molecule has 22 rings (SSSR count). The summed E-state index contributed by atoms with van der Waals surface area (Å²) in [5.41, 5.74) is 3.95. The van der Waals surface area contributed by atoms with E-state index in [1.54, 1.807) is 227 Å². The maximum absolute atomic E-state index is 16.2. The van der Waals surface area contributed by atoms with Crippen molar-refractivity contribution < 1.29 is 109 Å². The first-order valence-electron chi connectivity index (χ1n) is 45.1. The third-order valence-electron chi connectivity index (χ3n) is 24.2. The third-order valence-corrected chi connectivity index (χ3v) is 24.2. The first-order valence-corrected chi connectivity index (χ1v) is 45.1. The summed E-state index contributed by atoms with van der Waals surface area (Å²) in [6.07, 6.45) is 0.828. The van der Waals surface area contributed by atoms with E-state index in [-0.39, 0.29) is 108 Å². The van der Waals surface area contributed by atoms with Gasteiger partial charge in [0.2, 0.25) is 28.7 Å². The van der Waals surface area contributed by atoms with Crippen LogP contribution in [0.15, 0.2) is 394 Å². The zero-order valence-corrected chi connectivity index (χ0v) is 75.2. The van der Waals surface area contributed by atoms with Gasteiger partial charge in [0, 0.05) is 55.6 Å². The van der Waals surface area contributed by atoms with E-state index in [1.807, 2.05) is 109 Å². The van der Waals surface area contributed by atoms with E-state index < -0.39 is 87.6 Å². The number of fused-ring (bicyclic) bond motifs is 5. The molecule has 0 amide bonds. The van der Waals surface area contributed by atoms with Crippen LogP contribution in [0.3, 0.4) is 0 Å². The molecule has 141 heavy (non-hydrogen) atoms. The molecule has 1 N–H and O–H groups in total. The number of esters is 6. The van der Waals surface area contributed by atoms with Crippen LogP contribution in [-0.4, -0.2) is 51.6 Å². The van der Waals surface area contributed by atoms with Crippen molar-refractivity contribution in [1.82, 2.24) is 10.2 Å². The van der Waals surface area contributed by atoms with Gasteiger partial charge in [-0.25, -0.2) is 33.2 Å². The maximum atomic E-state index is 16.2. The highest BCUT2D eigenvalue weighted by Gasteiger charge is 2.54. The van der Waals surface area contributed by atoms with Gasteiger partial charge >= 0.3 is 64.8 Å². The van der Waals surface area contributed by atoms with Gasteiger partial charge in [-0.2, -0.15) is 5.10 Å². The average Bonchev–Trinajstić information content (AvgIpc) is 1.59. The predicted octanol–water partition coefficient (Wildman–Crippen LogP) is 22.7. The molecular weight excluding hydrogens is 1790 g/mol. The zero-order chi connectivity index (χ0) is 96.2. The first kappa shape index (κ1) is 87.8. The highest BCUT2D eigenvalue weighted by atomic mass is 19.1. The lowest BCUT2D eigenvalue weighted by Gasteiger charge is -2.28. The number of H-pyrrole nitrogens is 1. The first-order chi connectivity index (χ1) is 68.6. The van der Waals surface area contributed by atoms with Crippen LogP contribution in [0.4, 0.5) is 4.39 Å². The summed E-state index contributed by atoms with van der Waals surface area (Å²) in [4.78, 5) is 93.0. The fourth-order valence-corrected chi connectivity index (χ4v) is 17.6. The largest absolute Gasteiger partial charge is 0.456 e. The van der Waals surface area contributed by atoms with Crippen molar-refractivity contribution in [2.75, 3.05) is 0 Å². The molecule has 5 aliphatic heterocycles. The topological polar surface area (TPSA) is 279 Å². The standard InChI is InChI=1S/C116H79FN2O22/c1-111(2,3)141-109(124)76-64-93(103-99(69-76)135-116(139-103,85-50-30-12-31-51-85)86-52-32-13-33-53-86)129-107(122)74-62-91(101-97(67-74)133-114(137-101,81-42-22-8-23-43-81)82-44-24-9-25-45-82)127-105(120)72-60-90(100-95(65-72)131-112(136-100,77-34-14-4-15-35-77)78-36-16-5-17-37-78)126-106(121)73-61-92(102-96(66-73)132-113(138-102,79-38-18-6-19-39-79)80-40-20-7-21-41-80)128-108(123)75-63-94(130-110(125)89-70-88(118-119-89)59-56-71-54-57-87(117)58-55-71)104-98(68-75)134-115(140-104,83-46-26-10-27-47-83)84-48-28-11-29-49-84/h4-55,57-58,60-70H,56,59H2,1-3H3,(H,118,119).